The third-order valence-corrected chi connectivity index (χ3v) is 7.75. The number of thioether (sulfide) groups is 1. The Morgan fingerprint density at radius 2 is 1.79 bits per heavy atom. The Hall–Kier alpha value is -2.24. The maximum atomic E-state index is 10.0. The molecule has 148 valence electrons. The van der Waals surface area contributed by atoms with Gasteiger partial charge >= 0.3 is 0 Å². The summed E-state index contributed by atoms with van der Waals surface area (Å²) in [7, 11) is -2.14. The number of aromatic hydroxyl groups is 1. The van der Waals surface area contributed by atoms with E-state index in [1.54, 1.807) is 18.8 Å². The lowest BCUT2D eigenvalue weighted by Gasteiger charge is -2.07. The maximum Gasteiger partial charge on any atom is 0.179 e. The van der Waals surface area contributed by atoms with Crippen molar-refractivity contribution in [3.8, 4) is 28.1 Å². The van der Waals surface area contributed by atoms with E-state index in [1.165, 1.54) is 11.8 Å². The number of imidazole rings is 1. The molecule has 1 unspecified atom stereocenters. The highest BCUT2D eigenvalue weighted by Gasteiger charge is 2.13. The number of halogens is 1. The van der Waals surface area contributed by atoms with E-state index in [2.05, 4.69) is 21.3 Å². The van der Waals surface area contributed by atoms with E-state index in [-0.39, 0.29) is 5.75 Å². The van der Waals surface area contributed by atoms with Gasteiger partial charge in [-0.05, 0) is 24.4 Å². The molecule has 2 aromatic carbocycles. The van der Waals surface area contributed by atoms with Gasteiger partial charge in [0.25, 0.3) is 0 Å². The van der Waals surface area contributed by atoms with Gasteiger partial charge in [0, 0.05) is 23.7 Å². The van der Waals surface area contributed by atoms with E-state index in [4.69, 9.17) is 11.6 Å². The Morgan fingerprint density at radius 1 is 1.10 bits per heavy atom. The van der Waals surface area contributed by atoms with Crippen LogP contribution in [-0.2, 0) is 0 Å². The fourth-order valence-corrected chi connectivity index (χ4v) is 5.09. The number of benzene rings is 2. The molecule has 0 spiro atoms. The predicted octanol–water partition coefficient (Wildman–Crippen LogP) is 5.69. The molecule has 3 N–H and O–H groups in total. The average Bonchev–Trinajstić information content (AvgIpc) is 3.08. The van der Waals surface area contributed by atoms with Crippen LogP contribution in [0.5, 0.6) is 5.75 Å². The highest BCUT2D eigenvalue weighted by molar-refractivity contribution is 8.05. The molecule has 0 aliphatic rings. The quantitative estimate of drug-likeness (QED) is 0.273. The lowest BCUT2D eigenvalue weighted by atomic mass is 10.0. The summed E-state index contributed by atoms with van der Waals surface area (Å²) < 4.78 is 0. The lowest BCUT2D eigenvalue weighted by Crippen LogP contribution is -1.88. The van der Waals surface area contributed by atoms with Crippen molar-refractivity contribution < 1.29 is 10.00 Å². The zero-order valence-corrected chi connectivity index (χ0v) is 18.1. The normalized spacial score (nSPS) is 13.5. The van der Waals surface area contributed by atoms with Crippen LogP contribution in [0.2, 0.25) is 5.02 Å². The minimum absolute atomic E-state index is 0.239. The van der Waals surface area contributed by atoms with E-state index >= 15 is 0 Å². The number of fused-ring (bicyclic) bond motifs is 1. The van der Waals surface area contributed by atoms with Gasteiger partial charge in [-0.2, -0.15) is 0 Å². The van der Waals surface area contributed by atoms with Crippen molar-refractivity contribution in [2.45, 2.75) is 5.16 Å². The number of para-hydroxylation sites is 1. The molecule has 0 fully saturated rings. The fraction of sp³-hybridized carbons (Fsp3) is 0.0952. The van der Waals surface area contributed by atoms with Gasteiger partial charge in [0.1, 0.15) is 5.75 Å². The Kier molecular flexibility index (Phi) is 5.45. The molecular weight excluding hydrogens is 425 g/mol. The number of rotatable bonds is 5. The van der Waals surface area contributed by atoms with E-state index in [1.807, 2.05) is 42.5 Å². The van der Waals surface area contributed by atoms with Crippen molar-refractivity contribution >= 4 is 47.9 Å². The third-order valence-electron chi connectivity index (χ3n) is 4.26. The van der Waals surface area contributed by atoms with E-state index in [0.717, 1.165) is 22.2 Å². The molecule has 1 atom stereocenters. The smallest absolute Gasteiger partial charge is 0.179 e. The van der Waals surface area contributed by atoms with Crippen LogP contribution in [0.1, 0.15) is 0 Å². The molecule has 0 amide bonds. The highest BCUT2D eigenvalue weighted by Crippen LogP contribution is 2.41. The Morgan fingerprint density at radius 3 is 2.48 bits per heavy atom. The molecule has 5 nitrogen and oxygen atoms in total. The molecule has 2 heterocycles. The molecule has 0 saturated heterocycles. The van der Waals surface area contributed by atoms with Gasteiger partial charge in [0.15, 0.2) is 10.8 Å². The minimum atomic E-state index is -2.14. The number of nitrogens with one attached hydrogen (secondary N) is 1. The summed E-state index contributed by atoms with van der Waals surface area (Å²) in [6.07, 6.45) is 3.79. The Labute approximate surface area is 177 Å². The van der Waals surface area contributed by atoms with E-state index in [9.17, 15) is 10.00 Å². The second-order valence-electron chi connectivity index (χ2n) is 6.94. The number of H-pyrrole nitrogens is 1. The number of phenolic OH excluding ortho intramolecular Hbond substituents is 1. The van der Waals surface area contributed by atoms with Gasteiger partial charge < -0.3 is 15.0 Å². The molecular formula is C21H19ClN3O2PS. The van der Waals surface area contributed by atoms with E-state index in [0.29, 0.717) is 27.0 Å². The molecule has 0 aliphatic carbocycles. The first kappa shape index (κ1) is 20.0. The number of phenols is 1. The van der Waals surface area contributed by atoms with Gasteiger partial charge in [0.05, 0.1) is 16.2 Å². The van der Waals surface area contributed by atoms with Crippen LogP contribution in [0.3, 0.4) is 0 Å². The van der Waals surface area contributed by atoms with Crippen molar-refractivity contribution in [2.24, 2.45) is 0 Å². The van der Waals surface area contributed by atoms with Gasteiger partial charge in [0.2, 0.25) is 0 Å². The molecule has 29 heavy (non-hydrogen) atoms. The number of hydrogen-bond donors (Lipinski definition) is 3. The van der Waals surface area contributed by atoms with Crippen molar-refractivity contribution in [2.75, 3.05) is 12.2 Å². The molecule has 4 rings (SSSR count). The largest absolute Gasteiger partial charge is 0.507 e. The molecule has 0 bridgehead atoms. The molecule has 0 aliphatic heterocycles. The van der Waals surface area contributed by atoms with Gasteiger partial charge in [-0.1, -0.05) is 72.1 Å². The Balaban J connectivity index is 1.66. The zero-order valence-electron chi connectivity index (χ0n) is 15.6. The number of hydrogen-bond acceptors (Lipinski definition) is 5. The number of nitrogens with zero attached hydrogens (tertiary/aromatic N) is 2. The highest BCUT2D eigenvalue weighted by atomic mass is 35.5. The number of aromatic nitrogens is 3. The molecule has 0 saturated carbocycles. The first-order valence-corrected chi connectivity index (χ1v) is 12.7. The Bertz CT molecular complexity index is 1230. The van der Waals surface area contributed by atoms with Crippen LogP contribution in [0.15, 0.2) is 59.8 Å². The number of aromatic amines is 1. The van der Waals surface area contributed by atoms with Gasteiger partial charge in [-0.3, -0.25) is 0 Å². The standard InChI is InChI=1S/C21H19ClN3O2PS/c1-28(2,27)12-29-21-23-17-11-16(22)19(24-20(17)25-21)14-9-7-13(8-10-14)15-5-3-4-6-18(15)26/h3-11,26-27H,1,12H2,2H3,(H,23,24,25). The van der Waals surface area contributed by atoms with Crippen LogP contribution in [0.25, 0.3) is 33.5 Å². The minimum Gasteiger partial charge on any atom is -0.507 e. The van der Waals surface area contributed by atoms with Crippen LogP contribution in [0.4, 0.5) is 0 Å². The summed E-state index contributed by atoms with van der Waals surface area (Å²) in [5.41, 5.74) is 5.01. The van der Waals surface area contributed by atoms with Gasteiger partial charge in [-0.15, -0.1) is 0 Å². The summed E-state index contributed by atoms with van der Waals surface area (Å²) in [6.45, 7) is 1.76. The molecule has 4 aromatic rings. The maximum absolute atomic E-state index is 10.0. The third kappa shape index (κ3) is 4.51. The molecule has 0 radical (unpaired) electrons. The van der Waals surface area contributed by atoms with Crippen LogP contribution < -0.4 is 0 Å². The van der Waals surface area contributed by atoms with Gasteiger partial charge in [-0.25, -0.2) is 9.97 Å². The predicted molar refractivity (Wildman–Crippen MR) is 124 cm³/mol. The van der Waals surface area contributed by atoms with Crippen molar-refractivity contribution in [3.63, 3.8) is 0 Å². The van der Waals surface area contributed by atoms with E-state index < -0.39 is 7.11 Å². The summed E-state index contributed by atoms with van der Waals surface area (Å²) in [6, 6.07) is 16.7. The SMILES string of the molecule is C=P(C)(O)CSc1nc2nc(-c3ccc(-c4ccccc4O)cc3)c(Cl)cc2[nH]1. The summed E-state index contributed by atoms with van der Waals surface area (Å²) >= 11 is 7.90. The van der Waals surface area contributed by atoms with Crippen molar-refractivity contribution in [3.05, 3.63) is 59.6 Å². The van der Waals surface area contributed by atoms with Crippen LogP contribution >= 0.6 is 30.5 Å². The van der Waals surface area contributed by atoms with Crippen LogP contribution in [0, 0.1) is 0 Å². The summed E-state index contributed by atoms with van der Waals surface area (Å²) in [5, 5.41) is 11.2. The second kappa shape index (κ2) is 7.88. The summed E-state index contributed by atoms with van der Waals surface area (Å²) in [4.78, 5) is 22.2. The fourth-order valence-electron chi connectivity index (χ4n) is 2.89. The molecule has 8 heteroatoms. The zero-order chi connectivity index (χ0) is 20.6. The second-order valence-corrected chi connectivity index (χ2v) is 11.7. The van der Waals surface area contributed by atoms with Crippen molar-refractivity contribution in [1.29, 1.82) is 0 Å². The topological polar surface area (TPSA) is 82.0 Å². The first-order chi connectivity index (χ1) is 13.8. The monoisotopic (exact) mass is 443 g/mol. The number of pyridine rings is 1. The average molecular weight is 444 g/mol. The lowest BCUT2D eigenvalue weighted by molar-refractivity contribution is 0.477. The first-order valence-electron chi connectivity index (χ1n) is 8.81. The molecule has 2 aromatic heterocycles. The van der Waals surface area contributed by atoms with Crippen molar-refractivity contribution in [1.82, 2.24) is 15.0 Å². The summed E-state index contributed by atoms with van der Waals surface area (Å²) in [5.74, 6) is 0.239. The van der Waals surface area contributed by atoms with Crippen LogP contribution in [-0.4, -0.2) is 43.4 Å².